The SMILES string of the molecule is Fc1cc(N2CCCCC2)ccc1OC1CN(Cc2ccc(C(F)(F)F)cc2)C1. The number of likely N-dealkylation sites (tertiary alicyclic amines) is 1. The minimum Gasteiger partial charge on any atom is -0.485 e. The number of halogens is 4. The number of rotatable bonds is 5. The Morgan fingerprint density at radius 2 is 1.62 bits per heavy atom. The highest BCUT2D eigenvalue weighted by atomic mass is 19.4. The van der Waals surface area contributed by atoms with Gasteiger partial charge in [0.05, 0.1) is 5.56 Å². The molecule has 29 heavy (non-hydrogen) atoms. The van der Waals surface area contributed by atoms with Crippen molar-refractivity contribution in [2.24, 2.45) is 0 Å². The van der Waals surface area contributed by atoms with Gasteiger partial charge in [0.25, 0.3) is 0 Å². The average molecular weight is 408 g/mol. The molecule has 2 aliphatic heterocycles. The molecule has 0 atom stereocenters. The van der Waals surface area contributed by atoms with Gasteiger partial charge in [-0.15, -0.1) is 0 Å². The van der Waals surface area contributed by atoms with Crippen molar-refractivity contribution < 1.29 is 22.3 Å². The van der Waals surface area contributed by atoms with E-state index in [0.29, 0.717) is 19.6 Å². The lowest BCUT2D eigenvalue weighted by Gasteiger charge is -2.39. The third-order valence-corrected chi connectivity index (χ3v) is 5.54. The summed E-state index contributed by atoms with van der Waals surface area (Å²) in [6, 6.07) is 10.3. The fourth-order valence-corrected chi connectivity index (χ4v) is 3.90. The highest BCUT2D eigenvalue weighted by Crippen LogP contribution is 2.30. The van der Waals surface area contributed by atoms with Crippen LogP contribution in [-0.2, 0) is 12.7 Å². The van der Waals surface area contributed by atoms with Crippen molar-refractivity contribution in [2.75, 3.05) is 31.1 Å². The molecule has 2 fully saturated rings. The van der Waals surface area contributed by atoms with Crippen LogP contribution in [0.25, 0.3) is 0 Å². The lowest BCUT2D eigenvalue weighted by molar-refractivity contribution is -0.137. The molecular formula is C22H24F4N2O. The smallest absolute Gasteiger partial charge is 0.416 e. The molecule has 7 heteroatoms. The summed E-state index contributed by atoms with van der Waals surface area (Å²) in [7, 11) is 0. The second-order valence-corrected chi connectivity index (χ2v) is 7.79. The first-order valence-electron chi connectivity index (χ1n) is 9.98. The van der Waals surface area contributed by atoms with E-state index in [2.05, 4.69) is 9.80 Å². The minimum atomic E-state index is -4.32. The fourth-order valence-electron chi connectivity index (χ4n) is 3.90. The van der Waals surface area contributed by atoms with Crippen LogP contribution in [0.1, 0.15) is 30.4 Å². The third kappa shape index (κ3) is 4.83. The molecule has 3 nitrogen and oxygen atoms in total. The van der Waals surface area contributed by atoms with Crippen molar-refractivity contribution >= 4 is 5.69 Å². The number of piperidine rings is 1. The number of hydrogen-bond acceptors (Lipinski definition) is 3. The van der Waals surface area contributed by atoms with Gasteiger partial charge >= 0.3 is 6.18 Å². The molecule has 2 saturated heterocycles. The van der Waals surface area contributed by atoms with Crippen molar-refractivity contribution in [3.05, 3.63) is 59.4 Å². The zero-order chi connectivity index (χ0) is 20.4. The first-order chi connectivity index (χ1) is 13.9. The molecular weight excluding hydrogens is 384 g/mol. The zero-order valence-corrected chi connectivity index (χ0v) is 16.1. The molecule has 156 valence electrons. The molecule has 2 aliphatic rings. The first-order valence-corrected chi connectivity index (χ1v) is 9.98. The van der Waals surface area contributed by atoms with Gasteiger partial charge in [-0.25, -0.2) is 4.39 Å². The molecule has 0 saturated carbocycles. The summed E-state index contributed by atoms with van der Waals surface area (Å²) in [6.07, 6.45) is -0.931. The minimum absolute atomic E-state index is 0.111. The Hall–Kier alpha value is -2.28. The summed E-state index contributed by atoms with van der Waals surface area (Å²) >= 11 is 0. The van der Waals surface area contributed by atoms with Crippen LogP contribution in [-0.4, -0.2) is 37.2 Å². The number of hydrogen-bond donors (Lipinski definition) is 0. The summed E-state index contributed by atoms with van der Waals surface area (Å²) in [5, 5.41) is 0. The van der Waals surface area contributed by atoms with E-state index in [0.717, 1.165) is 49.3 Å². The molecule has 2 aromatic rings. The van der Waals surface area contributed by atoms with E-state index in [1.165, 1.54) is 18.6 Å². The Kier molecular flexibility index (Phi) is 5.67. The summed E-state index contributed by atoms with van der Waals surface area (Å²) in [5.41, 5.74) is 1.06. The summed E-state index contributed by atoms with van der Waals surface area (Å²) < 4.78 is 58.1. The molecule has 2 heterocycles. The van der Waals surface area contributed by atoms with Crippen LogP contribution in [0.3, 0.4) is 0 Å². The van der Waals surface area contributed by atoms with Crippen molar-refractivity contribution in [2.45, 2.75) is 38.1 Å². The van der Waals surface area contributed by atoms with E-state index in [-0.39, 0.29) is 17.7 Å². The highest BCUT2D eigenvalue weighted by Gasteiger charge is 2.31. The molecule has 0 N–H and O–H groups in total. The van der Waals surface area contributed by atoms with Crippen LogP contribution < -0.4 is 9.64 Å². The van der Waals surface area contributed by atoms with Gasteiger partial charge in [0.15, 0.2) is 11.6 Å². The second-order valence-electron chi connectivity index (χ2n) is 7.79. The van der Waals surface area contributed by atoms with Gasteiger partial charge < -0.3 is 9.64 Å². The van der Waals surface area contributed by atoms with E-state index in [1.807, 2.05) is 6.07 Å². The Balaban J connectivity index is 1.27. The number of nitrogens with zero attached hydrogens (tertiary/aromatic N) is 2. The molecule has 0 unspecified atom stereocenters. The lowest BCUT2D eigenvalue weighted by Crippen LogP contribution is -2.53. The van der Waals surface area contributed by atoms with E-state index in [1.54, 1.807) is 12.1 Å². The molecule has 4 rings (SSSR count). The average Bonchev–Trinajstić information content (AvgIpc) is 2.68. The van der Waals surface area contributed by atoms with Gasteiger partial charge in [0, 0.05) is 44.5 Å². The molecule has 0 bridgehead atoms. The highest BCUT2D eigenvalue weighted by molar-refractivity contribution is 5.50. The quantitative estimate of drug-likeness (QED) is 0.641. The Morgan fingerprint density at radius 1 is 0.931 bits per heavy atom. The van der Waals surface area contributed by atoms with E-state index < -0.39 is 11.7 Å². The number of anilines is 1. The van der Waals surface area contributed by atoms with Gasteiger partial charge in [-0.05, 0) is 49.1 Å². The monoisotopic (exact) mass is 408 g/mol. The largest absolute Gasteiger partial charge is 0.485 e. The van der Waals surface area contributed by atoms with Crippen LogP contribution >= 0.6 is 0 Å². The number of benzene rings is 2. The molecule has 0 amide bonds. The van der Waals surface area contributed by atoms with Gasteiger partial charge in [0.2, 0.25) is 0 Å². The number of ether oxygens (including phenoxy) is 1. The van der Waals surface area contributed by atoms with Crippen molar-refractivity contribution in [3.63, 3.8) is 0 Å². The predicted molar refractivity (Wildman–Crippen MR) is 104 cm³/mol. The van der Waals surface area contributed by atoms with Crippen LogP contribution in [0.15, 0.2) is 42.5 Å². The molecule has 0 radical (unpaired) electrons. The maximum Gasteiger partial charge on any atom is 0.416 e. The van der Waals surface area contributed by atoms with Gasteiger partial charge in [-0.2, -0.15) is 13.2 Å². The van der Waals surface area contributed by atoms with Crippen LogP contribution in [0.5, 0.6) is 5.75 Å². The van der Waals surface area contributed by atoms with E-state index in [9.17, 15) is 17.6 Å². The maximum absolute atomic E-state index is 14.4. The van der Waals surface area contributed by atoms with Crippen LogP contribution in [0.4, 0.5) is 23.2 Å². The van der Waals surface area contributed by atoms with Crippen molar-refractivity contribution in [1.29, 1.82) is 0 Å². The Labute approximate surface area is 167 Å². The number of alkyl halides is 3. The summed E-state index contributed by atoms with van der Waals surface area (Å²) in [6.45, 7) is 3.71. The van der Waals surface area contributed by atoms with Gasteiger partial charge in [-0.3, -0.25) is 4.90 Å². The second kappa shape index (κ2) is 8.22. The summed E-state index contributed by atoms with van der Waals surface area (Å²) in [5.74, 6) is -0.0980. The molecule has 0 spiro atoms. The van der Waals surface area contributed by atoms with E-state index in [4.69, 9.17) is 4.74 Å². The maximum atomic E-state index is 14.4. The third-order valence-electron chi connectivity index (χ3n) is 5.54. The topological polar surface area (TPSA) is 15.7 Å². The standard InChI is InChI=1S/C22H24F4N2O/c23-20-12-18(28-10-2-1-3-11-28)8-9-21(20)29-19-14-27(15-19)13-16-4-6-17(7-5-16)22(24,25)26/h4-9,12,19H,1-3,10-11,13-15H2. The van der Waals surface area contributed by atoms with Crippen molar-refractivity contribution in [1.82, 2.24) is 4.90 Å². The van der Waals surface area contributed by atoms with Gasteiger partial charge in [-0.1, -0.05) is 12.1 Å². The Morgan fingerprint density at radius 3 is 2.24 bits per heavy atom. The molecule has 0 aliphatic carbocycles. The summed E-state index contributed by atoms with van der Waals surface area (Å²) in [4.78, 5) is 4.26. The normalized spacial score (nSPS) is 18.6. The predicted octanol–water partition coefficient (Wildman–Crippen LogP) is 5.10. The van der Waals surface area contributed by atoms with Crippen molar-refractivity contribution in [3.8, 4) is 5.75 Å². The van der Waals surface area contributed by atoms with E-state index >= 15 is 0 Å². The van der Waals surface area contributed by atoms with Gasteiger partial charge in [0.1, 0.15) is 6.10 Å². The van der Waals surface area contributed by atoms with Crippen LogP contribution in [0, 0.1) is 5.82 Å². The lowest BCUT2D eigenvalue weighted by atomic mass is 10.1. The zero-order valence-electron chi connectivity index (χ0n) is 16.1. The molecule has 2 aromatic carbocycles. The Bertz CT molecular complexity index is 826. The fraction of sp³-hybridized carbons (Fsp3) is 0.455. The van der Waals surface area contributed by atoms with Crippen LogP contribution in [0.2, 0.25) is 0 Å². The first kappa shape index (κ1) is 20.0. The molecule has 0 aromatic heterocycles.